The van der Waals surface area contributed by atoms with Crippen LogP contribution in [0.4, 0.5) is 0 Å². The first-order valence-electron chi connectivity index (χ1n) is 7.47. The molecule has 1 amide bonds. The Bertz CT molecular complexity index is 463. The van der Waals surface area contributed by atoms with Gasteiger partial charge in [-0.1, -0.05) is 36.6 Å². The molecule has 0 heterocycles. The van der Waals surface area contributed by atoms with Crippen LogP contribution < -0.4 is 10.1 Å². The molecule has 0 bridgehead atoms. The topological polar surface area (TPSA) is 38.3 Å². The first kappa shape index (κ1) is 16.5. The van der Waals surface area contributed by atoms with E-state index in [4.69, 9.17) is 16.3 Å². The number of halogens is 1. The Labute approximate surface area is 135 Å². The van der Waals surface area contributed by atoms with Gasteiger partial charge in [0.25, 0.3) is 5.91 Å². The van der Waals surface area contributed by atoms with Crippen LogP contribution in [0.1, 0.15) is 32.6 Å². The molecule has 1 aromatic rings. The van der Waals surface area contributed by atoms with Crippen molar-refractivity contribution >= 4 is 29.3 Å². The summed E-state index contributed by atoms with van der Waals surface area (Å²) in [7, 11) is 0. The standard InChI is InChI=1S/C16H22ClNO2S/c1-12(20-15-9-5-4-8-14(15)17)16(19)18-10-11-21-13-6-2-3-7-13/h4-5,8-9,12-13H,2-3,6-7,10-11H2,1H3,(H,18,19)/t12-/m1/s1. The van der Waals surface area contributed by atoms with E-state index in [0.717, 1.165) is 11.0 Å². The molecule has 1 fully saturated rings. The van der Waals surface area contributed by atoms with E-state index in [1.54, 1.807) is 19.1 Å². The zero-order chi connectivity index (χ0) is 15.1. The summed E-state index contributed by atoms with van der Waals surface area (Å²) in [6.45, 7) is 2.43. The third kappa shape index (κ3) is 5.44. The molecule has 21 heavy (non-hydrogen) atoms. The van der Waals surface area contributed by atoms with Crippen molar-refractivity contribution in [1.29, 1.82) is 0 Å². The highest BCUT2D eigenvalue weighted by Gasteiger charge is 2.17. The average Bonchev–Trinajstić information content (AvgIpc) is 2.99. The minimum atomic E-state index is -0.540. The van der Waals surface area contributed by atoms with E-state index in [1.165, 1.54) is 25.7 Å². The minimum Gasteiger partial charge on any atom is -0.479 e. The van der Waals surface area contributed by atoms with Crippen LogP contribution in [0.5, 0.6) is 5.75 Å². The fourth-order valence-corrected chi connectivity index (χ4v) is 3.78. The van der Waals surface area contributed by atoms with Crippen molar-refractivity contribution in [3.05, 3.63) is 29.3 Å². The van der Waals surface area contributed by atoms with Crippen molar-refractivity contribution in [2.75, 3.05) is 12.3 Å². The van der Waals surface area contributed by atoms with Gasteiger partial charge in [-0.15, -0.1) is 0 Å². The summed E-state index contributed by atoms with van der Waals surface area (Å²) in [6, 6.07) is 7.19. The second kappa shape index (κ2) is 8.54. The minimum absolute atomic E-state index is 0.0954. The van der Waals surface area contributed by atoms with Crippen molar-refractivity contribution in [3.8, 4) is 5.75 Å². The number of para-hydroxylation sites is 1. The molecule has 1 saturated carbocycles. The lowest BCUT2D eigenvalue weighted by atomic mass is 10.3. The number of hydrogen-bond donors (Lipinski definition) is 1. The van der Waals surface area contributed by atoms with E-state index in [0.29, 0.717) is 17.3 Å². The van der Waals surface area contributed by atoms with Crippen LogP contribution >= 0.6 is 23.4 Å². The Kier molecular flexibility index (Phi) is 6.71. The summed E-state index contributed by atoms with van der Waals surface area (Å²) in [5.41, 5.74) is 0. The Morgan fingerprint density at radius 1 is 1.43 bits per heavy atom. The lowest BCUT2D eigenvalue weighted by molar-refractivity contribution is -0.127. The number of nitrogens with one attached hydrogen (secondary N) is 1. The highest BCUT2D eigenvalue weighted by molar-refractivity contribution is 7.99. The first-order chi connectivity index (χ1) is 10.2. The van der Waals surface area contributed by atoms with Crippen LogP contribution in [0.2, 0.25) is 5.02 Å². The molecule has 0 saturated heterocycles. The summed E-state index contributed by atoms with van der Waals surface area (Å²) in [4.78, 5) is 12.0. The normalized spacial score (nSPS) is 16.7. The van der Waals surface area contributed by atoms with Crippen LogP contribution in [-0.2, 0) is 4.79 Å². The summed E-state index contributed by atoms with van der Waals surface area (Å²) >= 11 is 7.98. The molecule has 0 aromatic heterocycles. The second-order valence-corrected chi connectivity index (χ2v) is 7.07. The lowest BCUT2D eigenvalue weighted by Gasteiger charge is -2.16. The zero-order valence-electron chi connectivity index (χ0n) is 12.3. The van der Waals surface area contributed by atoms with Crippen LogP contribution in [-0.4, -0.2) is 29.6 Å². The Balaban J connectivity index is 1.66. The van der Waals surface area contributed by atoms with Crippen molar-refractivity contribution in [2.45, 2.75) is 44.0 Å². The third-order valence-electron chi connectivity index (χ3n) is 3.57. The Morgan fingerprint density at radius 2 is 2.14 bits per heavy atom. The molecule has 1 aliphatic carbocycles. The number of benzene rings is 1. The molecule has 1 aliphatic rings. The lowest BCUT2D eigenvalue weighted by Crippen LogP contribution is -2.37. The molecule has 1 N–H and O–H groups in total. The fourth-order valence-electron chi connectivity index (χ4n) is 2.38. The number of carbonyl (C=O) groups excluding carboxylic acids is 1. The Morgan fingerprint density at radius 3 is 2.86 bits per heavy atom. The van der Waals surface area contributed by atoms with Gasteiger partial charge in [0.05, 0.1) is 5.02 Å². The van der Waals surface area contributed by atoms with Gasteiger partial charge in [0.15, 0.2) is 6.10 Å². The predicted octanol–water partition coefficient (Wildman–Crippen LogP) is 3.90. The van der Waals surface area contributed by atoms with Crippen molar-refractivity contribution in [2.24, 2.45) is 0 Å². The smallest absolute Gasteiger partial charge is 0.260 e. The van der Waals surface area contributed by atoms with Gasteiger partial charge in [0.1, 0.15) is 5.75 Å². The molecule has 0 radical (unpaired) electrons. The van der Waals surface area contributed by atoms with E-state index >= 15 is 0 Å². The summed E-state index contributed by atoms with van der Waals surface area (Å²) in [6.07, 6.45) is 4.82. The molecule has 116 valence electrons. The first-order valence-corrected chi connectivity index (χ1v) is 8.90. The van der Waals surface area contributed by atoms with Gasteiger partial charge in [0.2, 0.25) is 0 Å². The van der Waals surface area contributed by atoms with Gasteiger partial charge in [-0.05, 0) is 31.9 Å². The maximum atomic E-state index is 12.0. The number of amides is 1. The fraction of sp³-hybridized carbons (Fsp3) is 0.562. The summed E-state index contributed by atoms with van der Waals surface area (Å²) < 4.78 is 5.59. The molecule has 2 rings (SSSR count). The van der Waals surface area contributed by atoms with Gasteiger partial charge >= 0.3 is 0 Å². The monoisotopic (exact) mass is 327 g/mol. The number of rotatable bonds is 7. The molecule has 3 nitrogen and oxygen atoms in total. The van der Waals surface area contributed by atoms with Crippen molar-refractivity contribution in [3.63, 3.8) is 0 Å². The van der Waals surface area contributed by atoms with Crippen molar-refractivity contribution < 1.29 is 9.53 Å². The Hall–Kier alpha value is -0.870. The van der Waals surface area contributed by atoms with Gasteiger partial charge in [-0.25, -0.2) is 0 Å². The molecule has 0 unspecified atom stereocenters. The number of hydrogen-bond acceptors (Lipinski definition) is 3. The quantitative estimate of drug-likeness (QED) is 0.772. The molecular formula is C16H22ClNO2S. The van der Waals surface area contributed by atoms with Crippen LogP contribution in [0.15, 0.2) is 24.3 Å². The van der Waals surface area contributed by atoms with Crippen LogP contribution in [0.25, 0.3) is 0 Å². The zero-order valence-corrected chi connectivity index (χ0v) is 13.9. The number of carbonyl (C=O) groups is 1. The SMILES string of the molecule is C[C@@H](Oc1ccccc1Cl)C(=O)NCCSC1CCCC1. The van der Waals surface area contributed by atoms with Gasteiger partial charge in [-0.3, -0.25) is 4.79 Å². The molecule has 1 atom stereocenters. The van der Waals surface area contributed by atoms with Gasteiger partial charge < -0.3 is 10.1 Å². The van der Waals surface area contributed by atoms with Crippen molar-refractivity contribution in [1.82, 2.24) is 5.32 Å². The largest absolute Gasteiger partial charge is 0.479 e. The van der Waals surface area contributed by atoms with Crippen LogP contribution in [0.3, 0.4) is 0 Å². The second-order valence-electron chi connectivity index (χ2n) is 5.26. The van der Waals surface area contributed by atoms with E-state index in [2.05, 4.69) is 5.32 Å². The average molecular weight is 328 g/mol. The highest BCUT2D eigenvalue weighted by Crippen LogP contribution is 2.29. The third-order valence-corrected chi connectivity index (χ3v) is 5.26. The van der Waals surface area contributed by atoms with E-state index < -0.39 is 6.10 Å². The summed E-state index contributed by atoms with van der Waals surface area (Å²) in [5.74, 6) is 1.42. The van der Waals surface area contributed by atoms with Crippen LogP contribution in [0, 0.1) is 0 Å². The number of ether oxygens (including phenoxy) is 1. The summed E-state index contributed by atoms with van der Waals surface area (Å²) in [5, 5.41) is 4.23. The predicted molar refractivity (Wildman–Crippen MR) is 89.3 cm³/mol. The highest BCUT2D eigenvalue weighted by atomic mass is 35.5. The van der Waals surface area contributed by atoms with Gasteiger partial charge in [-0.2, -0.15) is 11.8 Å². The molecule has 0 aliphatic heterocycles. The van der Waals surface area contributed by atoms with Gasteiger partial charge in [0, 0.05) is 17.5 Å². The van der Waals surface area contributed by atoms with E-state index in [-0.39, 0.29) is 5.91 Å². The van der Waals surface area contributed by atoms with E-state index in [9.17, 15) is 4.79 Å². The molecule has 5 heteroatoms. The number of thioether (sulfide) groups is 1. The maximum Gasteiger partial charge on any atom is 0.260 e. The maximum absolute atomic E-state index is 12.0. The molecular weight excluding hydrogens is 306 g/mol. The van der Waals surface area contributed by atoms with E-state index in [1.807, 2.05) is 23.9 Å². The molecule has 0 spiro atoms. The molecule has 1 aromatic carbocycles.